The van der Waals surface area contributed by atoms with E-state index in [1.165, 1.54) is 16.9 Å². The molecular weight excluding hydrogens is 355 g/mol. The number of aliphatic carboxylic acids is 1. The molecule has 1 aromatic rings. The molecule has 0 fully saturated rings. The molecule has 0 bridgehead atoms. The van der Waals surface area contributed by atoms with Gasteiger partial charge in [0, 0.05) is 6.54 Å². The van der Waals surface area contributed by atoms with Crippen LogP contribution in [0.4, 0.5) is 13.2 Å². The van der Waals surface area contributed by atoms with E-state index < -0.39 is 40.8 Å². The van der Waals surface area contributed by atoms with Crippen LogP contribution < -0.4 is 9.46 Å². The Hall–Kier alpha value is -1.85. The van der Waals surface area contributed by atoms with Crippen molar-refractivity contribution in [3.63, 3.8) is 0 Å². The third-order valence-electron chi connectivity index (χ3n) is 3.28. The smallest absolute Gasteiger partial charge is 0.482 e. The highest BCUT2D eigenvalue weighted by atomic mass is 32.2. The minimum Gasteiger partial charge on any atom is -0.482 e. The van der Waals surface area contributed by atoms with Gasteiger partial charge in [0.1, 0.15) is 5.75 Å². The lowest BCUT2D eigenvalue weighted by molar-refractivity contribution is -0.139. The summed E-state index contributed by atoms with van der Waals surface area (Å²) in [6.07, 6.45) is -0.429. The zero-order chi connectivity index (χ0) is 18.0. The molecule has 0 aliphatic carbocycles. The van der Waals surface area contributed by atoms with Crippen LogP contribution in [-0.4, -0.2) is 44.8 Å². The number of halogens is 3. The highest BCUT2D eigenvalue weighted by Gasteiger charge is 2.46. The molecule has 0 spiro atoms. The van der Waals surface area contributed by atoms with Crippen molar-refractivity contribution in [1.82, 2.24) is 4.72 Å². The number of benzene rings is 1. The minimum atomic E-state index is -5.45. The molecule has 1 unspecified atom stereocenters. The van der Waals surface area contributed by atoms with Gasteiger partial charge in [-0.25, -0.2) is 17.9 Å². The Labute approximate surface area is 135 Å². The van der Waals surface area contributed by atoms with Crippen molar-refractivity contribution in [3.05, 3.63) is 29.3 Å². The van der Waals surface area contributed by atoms with Crippen molar-refractivity contribution >= 4 is 16.0 Å². The Morgan fingerprint density at radius 3 is 2.75 bits per heavy atom. The molecule has 1 aromatic carbocycles. The second-order valence-electron chi connectivity index (χ2n) is 4.95. The molecular formula is C13H14F3NO6S. The number of carboxylic acid groups (broad SMARTS) is 1. The lowest BCUT2D eigenvalue weighted by Gasteiger charge is -2.26. The maximum absolute atomic E-state index is 12.3. The Morgan fingerprint density at radius 1 is 1.42 bits per heavy atom. The van der Waals surface area contributed by atoms with E-state index in [-0.39, 0.29) is 6.61 Å². The van der Waals surface area contributed by atoms with Crippen molar-refractivity contribution in [2.45, 2.75) is 18.0 Å². The molecule has 0 saturated heterocycles. The molecule has 0 radical (unpaired) electrons. The van der Waals surface area contributed by atoms with Gasteiger partial charge in [0.15, 0.2) is 6.61 Å². The van der Waals surface area contributed by atoms with Gasteiger partial charge in [-0.1, -0.05) is 6.07 Å². The summed E-state index contributed by atoms with van der Waals surface area (Å²) in [6, 6.07) is 4.52. The molecule has 0 aromatic heterocycles. The molecule has 134 valence electrons. The number of alkyl halides is 3. The quantitative estimate of drug-likeness (QED) is 0.781. The molecule has 1 aliphatic rings. The predicted molar refractivity (Wildman–Crippen MR) is 74.9 cm³/mol. The summed E-state index contributed by atoms with van der Waals surface area (Å²) >= 11 is 0. The normalized spacial score (nSPS) is 18.0. The molecule has 1 atom stereocenters. The Balaban J connectivity index is 2.10. The molecule has 11 heteroatoms. The van der Waals surface area contributed by atoms with E-state index in [0.717, 1.165) is 0 Å². The molecule has 1 aliphatic heterocycles. The van der Waals surface area contributed by atoms with Crippen LogP contribution in [-0.2, 0) is 26.0 Å². The van der Waals surface area contributed by atoms with E-state index >= 15 is 0 Å². The van der Waals surface area contributed by atoms with Gasteiger partial charge in [-0.15, -0.1) is 0 Å². The lowest BCUT2D eigenvalue weighted by atomic mass is 9.97. The highest BCUT2D eigenvalue weighted by Crippen LogP contribution is 2.30. The number of hydrogen-bond acceptors (Lipinski definition) is 5. The molecule has 0 amide bonds. The lowest BCUT2D eigenvalue weighted by Crippen LogP contribution is -2.39. The molecule has 2 N–H and O–H groups in total. The Morgan fingerprint density at radius 2 is 2.12 bits per heavy atom. The van der Waals surface area contributed by atoms with Gasteiger partial charge in [0.25, 0.3) is 0 Å². The topological polar surface area (TPSA) is 102 Å². The van der Waals surface area contributed by atoms with E-state index in [9.17, 15) is 26.4 Å². The Bertz CT molecular complexity index is 719. The van der Waals surface area contributed by atoms with Crippen LogP contribution in [0.2, 0.25) is 0 Å². The van der Waals surface area contributed by atoms with E-state index in [1.807, 2.05) is 0 Å². The predicted octanol–water partition coefficient (Wildman–Crippen LogP) is 1.20. The minimum absolute atomic E-state index is 0.188. The first-order valence-electron chi connectivity index (χ1n) is 6.75. The second kappa shape index (κ2) is 6.95. The summed E-state index contributed by atoms with van der Waals surface area (Å²) in [5.41, 5.74) is -4.17. The number of ether oxygens (including phenoxy) is 2. The van der Waals surface area contributed by atoms with Crippen molar-refractivity contribution in [3.8, 4) is 5.75 Å². The van der Waals surface area contributed by atoms with Gasteiger partial charge in [0.2, 0.25) is 0 Å². The number of hydrogen-bond donors (Lipinski definition) is 2. The zero-order valence-corrected chi connectivity index (χ0v) is 13.0. The first kappa shape index (κ1) is 18.5. The summed E-state index contributed by atoms with van der Waals surface area (Å²) in [7, 11) is -5.45. The van der Waals surface area contributed by atoms with Crippen LogP contribution in [0.15, 0.2) is 18.2 Å². The van der Waals surface area contributed by atoms with Crippen LogP contribution in [0.25, 0.3) is 0 Å². The third kappa shape index (κ3) is 4.36. The highest BCUT2D eigenvalue weighted by molar-refractivity contribution is 7.90. The number of carboxylic acids is 1. The SMILES string of the molecule is O=C(O)COc1ccc2c(c1)CCOC2CNS(=O)(=O)C(F)(F)F. The van der Waals surface area contributed by atoms with Gasteiger partial charge in [-0.05, 0) is 29.7 Å². The fraction of sp³-hybridized carbons (Fsp3) is 0.462. The van der Waals surface area contributed by atoms with E-state index in [2.05, 4.69) is 0 Å². The summed E-state index contributed by atoms with van der Waals surface area (Å²) in [6.45, 7) is -0.901. The van der Waals surface area contributed by atoms with Crippen molar-refractivity contribution in [2.75, 3.05) is 19.8 Å². The van der Waals surface area contributed by atoms with Crippen LogP contribution in [0, 0.1) is 0 Å². The largest absolute Gasteiger partial charge is 0.511 e. The number of sulfonamides is 1. The van der Waals surface area contributed by atoms with Crippen molar-refractivity contribution < 1.29 is 41.0 Å². The fourth-order valence-corrected chi connectivity index (χ4v) is 2.72. The summed E-state index contributed by atoms with van der Waals surface area (Å²) < 4.78 is 70.9. The number of nitrogens with one attached hydrogen (secondary N) is 1. The monoisotopic (exact) mass is 369 g/mol. The summed E-state index contributed by atoms with van der Waals surface area (Å²) in [4.78, 5) is 10.5. The number of rotatable bonds is 6. The van der Waals surface area contributed by atoms with E-state index in [1.54, 1.807) is 6.07 Å². The first-order valence-corrected chi connectivity index (χ1v) is 8.23. The van der Waals surface area contributed by atoms with Crippen LogP contribution in [0.1, 0.15) is 17.2 Å². The number of fused-ring (bicyclic) bond motifs is 1. The molecule has 0 saturated carbocycles. The van der Waals surface area contributed by atoms with Crippen LogP contribution in [0.5, 0.6) is 5.75 Å². The number of carbonyl (C=O) groups is 1. The van der Waals surface area contributed by atoms with Crippen LogP contribution in [0.3, 0.4) is 0 Å². The molecule has 2 rings (SSSR count). The second-order valence-corrected chi connectivity index (χ2v) is 6.71. The van der Waals surface area contributed by atoms with Gasteiger partial charge in [0.05, 0.1) is 12.7 Å². The maximum atomic E-state index is 12.3. The third-order valence-corrected chi connectivity index (χ3v) is 4.43. The van der Waals surface area contributed by atoms with E-state index in [4.69, 9.17) is 14.6 Å². The standard InChI is InChI=1S/C13H14F3NO6S/c14-13(15,16)24(20,21)17-6-11-10-2-1-9(23-7-12(18)19)5-8(10)3-4-22-11/h1-2,5,11,17H,3-4,6-7H2,(H,18,19). The van der Waals surface area contributed by atoms with Crippen molar-refractivity contribution in [1.29, 1.82) is 0 Å². The average Bonchev–Trinajstić information content (AvgIpc) is 2.49. The zero-order valence-electron chi connectivity index (χ0n) is 12.2. The van der Waals surface area contributed by atoms with Gasteiger partial charge in [-0.3, -0.25) is 0 Å². The van der Waals surface area contributed by atoms with Gasteiger partial charge >= 0.3 is 21.5 Å². The average molecular weight is 369 g/mol. The van der Waals surface area contributed by atoms with E-state index in [0.29, 0.717) is 23.3 Å². The Kier molecular flexibility index (Phi) is 5.35. The van der Waals surface area contributed by atoms with Crippen LogP contribution >= 0.6 is 0 Å². The molecule has 7 nitrogen and oxygen atoms in total. The van der Waals surface area contributed by atoms with Gasteiger partial charge in [-0.2, -0.15) is 13.2 Å². The summed E-state index contributed by atoms with van der Waals surface area (Å²) in [5, 5.41) is 8.57. The maximum Gasteiger partial charge on any atom is 0.511 e. The van der Waals surface area contributed by atoms with Gasteiger partial charge < -0.3 is 14.6 Å². The fourth-order valence-electron chi connectivity index (χ4n) is 2.18. The molecule has 1 heterocycles. The van der Waals surface area contributed by atoms with Crippen molar-refractivity contribution in [2.24, 2.45) is 0 Å². The molecule has 24 heavy (non-hydrogen) atoms. The summed E-state index contributed by atoms with van der Waals surface area (Å²) in [5.74, 6) is -0.844. The first-order chi connectivity index (χ1) is 11.1.